The van der Waals surface area contributed by atoms with Gasteiger partial charge in [-0.2, -0.15) is 0 Å². The number of hydrogen-bond donors (Lipinski definition) is 0. The molecule has 1 saturated carbocycles. The summed E-state index contributed by atoms with van der Waals surface area (Å²) in [6.45, 7) is 2.21. The van der Waals surface area contributed by atoms with Crippen molar-refractivity contribution >= 4 is 11.9 Å². The zero-order valence-corrected chi connectivity index (χ0v) is 11.9. The van der Waals surface area contributed by atoms with Gasteiger partial charge in [0, 0.05) is 13.1 Å². The lowest BCUT2D eigenvalue weighted by Gasteiger charge is -2.16. The summed E-state index contributed by atoms with van der Waals surface area (Å²) in [4.78, 5) is 29.7. The lowest BCUT2D eigenvalue weighted by atomic mass is 10.2. The summed E-state index contributed by atoms with van der Waals surface area (Å²) in [7, 11) is 3.01. The van der Waals surface area contributed by atoms with E-state index in [1.165, 1.54) is 7.11 Å². The SMILES string of the molecule is CCOc1ccc(C(=O)N(C)C2CC2)nc1C(=O)OC. The first-order valence-corrected chi connectivity index (χ1v) is 6.57. The molecule has 0 bridgehead atoms. The minimum absolute atomic E-state index is 0.0318. The van der Waals surface area contributed by atoms with Crippen LogP contribution in [0.3, 0.4) is 0 Å². The molecule has 2 rings (SSSR count). The third-order valence-electron chi connectivity index (χ3n) is 3.17. The number of hydrogen-bond acceptors (Lipinski definition) is 5. The van der Waals surface area contributed by atoms with Crippen molar-refractivity contribution in [1.82, 2.24) is 9.88 Å². The molecule has 1 aromatic rings. The van der Waals surface area contributed by atoms with E-state index in [0.29, 0.717) is 12.4 Å². The molecule has 0 unspecified atom stereocenters. The molecule has 0 N–H and O–H groups in total. The van der Waals surface area contributed by atoms with E-state index >= 15 is 0 Å². The normalized spacial score (nSPS) is 13.8. The number of nitrogens with zero attached hydrogens (tertiary/aromatic N) is 2. The number of esters is 1. The Bertz CT molecular complexity index is 526. The molecule has 1 heterocycles. The van der Waals surface area contributed by atoms with E-state index in [2.05, 4.69) is 9.72 Å². The van der Waals surface area contributed by atoms with Crippen molar-refractivity contribution in [3.63, 3.8) is 0 Å². The Labute approximate surface area is 117 Å². The fourth-order valence-electron chi connectivity index (χ4n) is 1.89. The van der Waals surface area contributed by atoms with Gasteiger partial charge in [-0.1, -0.05) is 0 Å². The average Bonchev–Trinajstić information content (AvgIpc) is 3.30. The van der Waals surface area contributed by atoms with Crippen molar-refractivity contribution in [2.24, 2.45) is 0 Å². The summed E-state index contributed by atoms with van der Waals surface area (Å²) in [5.74, 6) is -0.483. The average molecular weight is 278 g/mol. The molecule has 0 spiro atoms. The maximum atomic E-state index is 12.2. The standard InChI is InChI=1S/C14H18N2O4/c1-4-20-11-8-7-10(15-12(11)14(18)19-3)13(17)16(2)9-5-6-9/h7-9H,4-6H2,1-3H3. The molecule has 6 heteroatoms. The van der Waals surface area contributed by atoms with E-state index in [1.54, 1.807) is 31.0 Å². The second-order valence-electron chi connectivity index (χ2n) is 4.62. The molecule has 1 aliphatic rings. The molecule has 108 valence electrons. The summed E-state index contributed by atoms with van der Waals surface area (Å²) >= 11 is 0. The first-order valence-electron chi connectivity index (χ1n) is 6.57. The van der Waals surface area contributed by atoms with Gasteiger partial charge in [0.2, 0.25) is 0 Å². The second-order valence-corrected chi connectivity index (χ2v) is 4.62. The van der Waals surface area contributed by atoms with Gasteiger partial charge in [-0.05, 0) is 31.9 Å². The molecular weight excluding hydrogens is 260 g/mol. The Kier molecular flexibility index (Phi) is 4.22. The lowest BCUT2D eigenvalue weighted by Crippen LogP contribution is -2.30. The number of ether oxygens (including phenoxy) is 2. The first kappa shape index (κ1) is 14.3. The molecular formula is C14H18N2O4. The predicted molar refractivity (Wildman–Crippen MR) is 71.9 cm³/mol. The van der Waals surface area contributed by atoms with Crippen LogP contribution in [0.4, 0.5) is 0 Å². The molecule has 0 aromatic carbocycles. The molecule has 1 aliphatic carbocycles. The Morgan fingerprint density at radius 1 is 1.40 bits per heavy atom. The van der Waals surface area contributed by atoms with E-state index < -0.39 is 5.97 Å². The van der Waals surface area contributed by atoms with Crippen LogP contribution in [0.1, 0.15) is 40.7 Å². The summed E-state index contributed by atoms with van der Waals surface area (Å²) in [5, 5.41) is 0. The van der Waals surface area contributed by atoms with Crippen LogP contribution in [0.15, 0.2) is 12.1 Å². The van der Waals surface area contributed by atoms with Gasteiger partial charge >= 0.3 is 5.97 Å². The van der Waals surface area contributed by atoms with Gasteiger partial charge in [0.15, 0.2) is 11.4 Å². The van der Waals surface area contributed by atoms with Gasteiger partial charge in [0.05, 0.1) is 13.7 Å². The molecule has 0 atom stereocenters. The van der Waals surface area contributed by atoms with Crippen LogP contribution in [0.2, 0.25) is 0 Å². The zero-order valence-electron chi connectivity index (χ0n) is 11.9. The highest BCUT2D eigenvalue weighted by Crippen LogP contribution is 2.27. The van der Waals surface area contributed by atoms with Crippen LogP contribution in [-0.4, -0.2) is 48.6 Å². The largest absolute Gasteiger partial charge is 0.491 e. The minimum Gasteiger partial charge on any atom is -0.491 e. The molecule has 0 radical (unpaired) electrons. The van der Waals surface area contributed by atoms with Gasteiger partial charge in [-0.25, -0.2) is 9.78 Å². The summed E-state index contributed by atoms with van der Waals surface area (Å²) in [5.41, 5.74) is 0.257. The first-order chi connectivity index (χ1) is 9.58. The zero-order chi connectivity index (χ0) is 14.7. The van der Waals surface area contributed by atoms with Crippen LogP contribution in [-0.2, 0) is 4.74 Å². The maximum Gasteiger partial charge on any atom is 0.360 e. The predicted octanol–water partition coefficient (Wildman–Crippen LogP) is 1.50. The van der Waals surface area contributed by atoms with E-state index in [0.717, 1.165) is 12.8 Å². The number of rotatable bonds is 5. The molecule has 0 aliphatic heterocycles. The fraction of sp³-hybridized carbons (Fsp3) is 0.500. The van der Waals surface area contributed by atoms with Crippen LogP contribution in [0.25, 0.3) is 0 Å². The molecule has 1 aromatic heterocycles. The van der Waals surface area contributed by atoms with Gasteiger partial charge in [-0.3, -0.25) is 4.79 Å². The Balaban J connectivity index is 2.30. The van der Waals surface area contributed by atoms with Crippen LogP contribution < -0.4 is 4.74 Å². The Hall–Kier alpha value is -2.11. The highest BCUT2D eigenvalue weighted by Gasteiger charge is 2.31. The number of amides is 1. The summed E-state index contributed by atoms with van der Waals surface area (Å²) < 4.78 is 10.00. The van der Waals surface area contributed by atoms with Gasteiger partial charge in [0.25, 0.3) is 5.91 Å². The van der Waals surface area contributed by atoms with E-state index in [9.17, 15) is 9.59 Å². The van der Waals surface area contributed by atoms with Crippen LogP contribution in [0, 0.1) is 0 Å². The molecule has 1 amide bonds. The quantitative estimate of drug-likeness (QED) is 0.763. The molecule has 6 nitrogen and oxygen atoms in total. The molecule has 0 saturated heterocycles. The summed E-state index contributed by atoms with van der Waals surface area (Å²) in [6, 6.07) is 3.44. The van der Waals surface area contributed by atoms with Crippen molar-refractivity contribution in [3.05, 3.63) is 23.5 Å². The van der Waals surface area contributed by atoms with Gasteiger partial charge in [-0.15, -0.1) is 0 Å². The third kappa shape index (κ3) is 2.89. The second kappa shape index (κ2) is 5.90. The van der Waals surface area contributed by atoms with Crippen molar-refractivity contribution < 1.29 is 19.1 Å². The Morgan fingerprint density at radius 2 is 2.10 bits per heavy atom. The van der Waals surface area contributed by atoms with Crippen LogP contribution in [0.5, 0.6) is 5.75 Å². The number of pyridine rings is 1. The maximum absolute atomic E-state index is 12.2. The van der Waals surface area contributed by atoms with E-state index in [-0.39, 0.29) is 23.3 Å². The third-order valence-corrected chi connectivity index (χ3v) is 3.17. The van der Waals surface area contributed by atoms with Crippen molar-refractivity contribution in [2.45, 2.75) is 25.8 Å². The van der Waals surface area contributed by atoms with Crippen molar-refractivity contribution in [3.8, 4) is 5.75 Å². The highest BCUT2D eigenvalue weighted by atomic mass is 16.5. The minimum atomic E-state index is -0.614. The summed E-state index contributed by atoms with van der Waals surface area (Å²) in [6.07, 6.45) is 2.03. The molecule has 1 fully saturated rings. The lowest BCUT2D eigenvalue weighted by molar-refractivity contribution is 0.0588. The number of methoxy groups -OCH3 is 1. The van der Waals surface area contributed by atoms with Crippen molar-refractivity contribution in [1.29, 1.82) is 0 Å². The topological polar surface area (TPSA) is 68.7 Å². The highest BCUT2D eigenvalue weighted by molar-refractivity contribution is 5.96. The van der Waals surface area contributed by atoms with Gasteiger partial charge < -0.3 is 14.4 Å². The van der Waals surface area contributed by atoms with Gasteiger partial charge in [0.1, 0.15) is 5.69 Å². The monoisotopic (exact) mass is 278 g/mol. The van der Waals surface area contributed by atoms with Crippen molar-refractivity contribution in [2.75, 3.05) is 20.8 Å². The molecule has 20 heavy (non-hydrogen) atoms. The number of carbonyl (C=O) groups excluding carboxylic acids is 2. The fourth-order valence-corrected chi connectivity index (χ4v) is 1.89. The smallest absolute Gasteiger partial charge is 0.360 e. The number of carbonyl (C=O) groups is 2. The van der Waals surface area contributed by atoms with Crippen LogP contribution >= 0.6 is 0 Å². The van der Waals surface area contributed by atoms with E-state index in [4.69, 9.17) is 4.74 Å². The number of aromatic nitrogens is 1. The van der Waals surface area contributed by atoms with E-state index in [1.807, 2.05) is 0 Å². The Morgan fingerprint density at radius 3 is 2.65 bits per heavy atom.